The second-order valence-electron chi connectivity index (χ2n) is 6.81. The van der Waals surface area contributed by atoms with Gasteiger partial charge in [-0.05, 0) is 66.0 Å². The van der Waals surface area contributed by atoms with Crippen molar-refractivity contribution in [1.29, 1.82) is 0 Å². The Hall–Kier alpha value is -2.54. The number of hydrogen-bond acceptors (Lipinski definition) is 6. The zero-order valence-electron chi connectivity index (χ0n) is 15.3. The summed E-state index contributed by atoms with van der Waals surface area (Å²) in [5.41, 5.74) is 2.16. The Morgan fingerprint density at radius 3 is 1.68 bits per heavy atom. The maximum absolute atomic E-state index is 5.76. The minimum absolute atomic E-state index is 0.259. The summed E-state index contributed by atoms with van der Waals surface area (Å²) < 4.78 is 21.9. The fourth-order valence-corrected chi connectivity index (χ4v) is 3.66. The molecule has 0 radical (unpaired) electrons. The molecule has 3 heterocycles. The predicted molar refractivity (Wildman–Crippen MR) is 109 cm³/mol. The zero-order chi connectivity index (χ0) is 18.8. The lowest BCUT2D eigenvalue weighted by atomic mass is 10.2. The van der Waals surface area contributed by atoms with E-state index in [-0.39, 0.29) is 12.2 Å². The van der Waals surface area contributed by atoms with Crippen LogP contribution in [0.2, 0.25) is 0 Å². The lowest BCUT2D eigenvalue weighted by molar-refractivity contribution is 0.263. The van der Waals surface area contributed by atoms with Gasteiger partial charge in [-0.25, -0.2) is 0 Å². The molecule has 0 aliphatic carbocycles. The molecule has 144 valence electrons. The molecule has 2 atom stereocenters. The summed E-state index contributed by atoms with van der Waals surface area (Å²) in [5, 5.41) is 3.24. The highest BCUT2D eigenvalue weighted by molar-refractivity contribution is 7.14. The Bertz CT molecular complexity index is 828. The first kappa shape index (κ1) is 17.6. The first-order valence-corrected chi connectivity index (χ1v) is 10.3. The van der Waals surface area contributed by atoms with Gasteiger partial charge in [-0.3, -0.25) is 0 Å². The number of thiophene rings is 1. The van der Waals surface area contributed by atoms with Crippen LogP contribution >= 0.6 is 11.3 Å². The molecule has 0 saturated carbocycles. The molecule has 5 nitrogen and oxygen atoms in total. The van der Waals surface area contributed by atoms with Crippen LogP contribution in [-0.2, 0) is 9.47 Å². The number of anilines is 3. The summed E-state index contributed by atoms with van der Waals surface area (Å²) in [6.45, 7) is 2.83. The van der Waals surface area contributed by atoms with Crippen molar-refractivity contribution in [2.75, 3.05) is 31.3 Å². The summed E-state index contributed by atoms with van der Waals surface area (Å²) in [6.07, 6.45) is 0.518. The molecule has 6 heteroatoms. The number of benzene rings is 2. The van der Waals surface area contributed by atoms with Crippen LogP contribution in [0.15, 0.2) is 66.0 Å². The van der Waals surface area contributed by atoms with Crippen molar-refractivity contribution in [2.45, 2.75) is 12.2 Å². The van der Waals surface area contributed by atoms with Crippen molar-refractivity contribution < 1.29 is 18.9 Å². The normalized spacial score (nSPS) is 19.9. The third-order valence-corrected chi connectivity index (χ3v) is 5.45. The Labute approximate surface area is 168 Å². The van der Waals surface area contributed by atoms with Crippen molar-refractivity contribution >= 4 is 27.7 Å². The predicted octanol–water partition coefficient (Wildman–Crippen LogP) is 4.77. The van der Waals surface area contributed by atoms with E-state index in [0.29, 0.717) is 13.2 Å². The highest BCUT2D eigenvalue weighted by Crippen LogP contribution is 2.38. The van der Waals surface area contributed by atoms with Crippen LogP contribution in [0.5, 0.6) is 11.5 Å². The molecule has 2 saturated heterocycles. The monoisotopic (exact) mass is 395 g/mol. The molecule has 5 rings (SSSR count). The minimum atomic E-state index is 0.259. The number of ether oxygens (including phenoxy) is 4. The van der Waals surface area contributed by atoms with Gasteiger partial charge in [0.25, 0.3) is 0 Å². The third-order valence-electron chi connectivity index (χ3n) is 4.59. The largest absolute Gasteiger partial charge is 0.491 e. The van der Waals surface area contributed by atoms with E-state index in [4.69, 9.17) is 18.9 Å². The van der Waals surface area contributed by atoms with Gasteiger partial charge in [0.2, 0.25) is 0 Å². The molecule has 0 N–H and O–H groups in total. The molecule has 3 aromatic rings. The summed E-state index contributed by atoms with van der Waals surface area (Å²) in [7, 11) is 0. The SMILES string of the molecule is c1csc(N(c2ccc(OCC3CO3)cc2)c2ccc(OCC3CO3)cc2)c1. The van der Waals surface area contributed by atoms with Gasteiger partial charge in [-0.2, -0.15) is 0 Å². The van der Waals surface area contributed by atoms with Crippen LogP contribution in [0.3, 0.4) is 0 Å². The first-order valence-electron chi connectivity index (χ1n) is 9.38. The van der Waals surface area contributed by atoms with Gasteiger partial charge < -0.3 is 23.8 Å². The summed E-state index contributed by atoms with van der Waals surface area (Å²) >= 11 is 1.70. The Balaban J connectivity index is 1.35. The average Bonchev–Trinajstić information content (AvgIpc) is 3.67. The topological polar surface area (TPSA) is 46.8 Å². The van der Waals surface area contributed by atoms with Gasteiger partial charge >= 0.3 is 0 Å². The molecule has 0 amide bonds. The van der Waals surface area contributed by atoms with Gasteiger partial charge in [0.05, 0.1) is 18.2 Å². The maximum atomic E-state index is 5.76. The Kier molecular flexibility index (Phi) is 4.91. The van der Waals surface area contributed by atoms with E-state index in [1.165, 1.54) is 0 Å². The highest BCUT2D eigenvalue weighted by Gasteiger charge is 2.24. The first-order chi connectivity index (χ1) is 13.8. The van der Waals surface area contributed by atoms with Crippen molar-refractivity contribution in [1.82, 2.24) is 0 Å². The molecule has 2 aliphatic heterocycles. The van der Waals surface area contributed by atoms with Gasteiger partial charge in [0.15, 0.2) is 0 Å². The van der Waals surface area contributed by atoms with Crippen molar-refractivity contribution in [3.8, 4) is 11.5 Å². The van der Waals surface area contributed by atoms with E-state index in [1.54, 1.807) is 11.3 Å². The molecular weight excluding hydrogens is 374 g/mol. The van der Waals surface area contributed by atoms with Crippen LogP contribution in [-0.4, -0.2) is 38.6 Å². The van der Waals surface area contributed by atoms with Crippen LogP contribution < -0.4 is 14.4 Å². The summed E-state index contributed by atoms with van der Waals surface area (Å²) in [5.74, 6) is 1.72. The molecule has 2 unspecified atom stereocenters. The molecule has 0 spiro atoms. The molecule has 2 fully saturated rings. The number of rotatable bonds is 9. The lowest BCUT2D eigenvalue weighted by Crippen LogP contribution is -2.09. The standard InChI is InChI=1S/C22H21NO4S/c1-2-22(28-11-1)23(16-3-7-18(8-4-16)24-12-20-14-26-20)17-5-9-19(10-6-17)25-13-21-15-27-21/h1-11,20-21H,12-15H2. The maximum Gasteiger partial charge on any atom is 0.119 e. The number of epoxide rings is 2. The molecule has 0 bridgehead atoms. The number of hydrogen-bond donors (Lipinski definition) is 0. The highest BCUT2D eigenvalue weighted by atomic mass is 32.1. The molecule has 28 heavy (non-hydrogen) atoms. The lowest BCUT2D eigenvalue weighted by Gasteiger charge is -2.24. The second kappa shape index (κ2) is 7.83. The molecule has 1 aromatic heterocycles. The zero-order valence-corrected chi connectivity index (χ0v) is 16.1. The van der Waals surface area contributed by atoms with Crippen LogP contribution in [0.25, 0.3) is 0 Å². The van der Waals surface area contributed by atoms with Gasteiger partial charge in [-0.15, -0.1) is 11.3 Å². The van der Waals surface area contributed by atoms with Crippen LogP contribution in [0.4, 0.5) is 16.4 Å². The van der Waals surface area contributed by atoms with E-state index in [2.05, 4.69) is 46.7 Å². The summed E-state index contributed by atoms with van der Waals surface area (Å²) in [4.78, 5) is 2.23. The van der Waals surface area contributed by atoms with E-state index in [1.807, 2.05) is 24.3 Å². The molecular formula is C22H21NO4S. The number of nitrogens with zero attached hydrogens (tertiary/aromatic N) is 1. The average molecular weight is 395 g/mol. The van der Waals surface area contributed by atoms with E-state index >= 15 is 0 Å². The Morgan fingerprint density at radius 2 is 1.29 bits per heavy atom. The molecule has 2 aliphatic rings. The second-order valence-corrected chi connectivity index (χ2v) is 7.73. The van der Waals surface area contributed by atoms with Crippen LogP contribution in [0, 0.1) is 0 Å². The van der Waals surface area contributed by atoms with Crippen molar-refractivity contribution in [3.63, 3.8) is 0 Å². The minimum Gasteiger partial charge on any atom is -0.491 e. The van der Waals surface area contributed by atoms with E-state index in [0.717, 1.165) is 41.1 Å². The fourth-order valence-electron chi connectivity index (χ4n) is 2.89. The summed E-state index contributed by atoms with van der Waals surface area (Å²) in [6, 6.07) is 20.5. The van der Waals surface area contributed by atoms with E-state index < -0.39 is 0 Å². The molecule has 2 aromatic carbocycles. The van der Waals surface area contributed by atoms with Crippen molar-refractivity contribution in [3.05, 3.63) is 66.0 Å². The van der Waals surface area contributed by atoms with Crippen LogP contribution in [0.1, 0.15) is 0 Å². The van der Waals surface area contributed by atoms with Gasteiger partial charge in [-0.1, -0.05) is 0 Å². The third kappa shape index (κ3) is 4.30. The Morgan fingerprint density at radius 1 is 0.786 bits per heavy atom. The van der Waals surface area contributed by atoms with Crippen molar-refractivity contribution in [2.24, 2.45) is 0 Å². The van der Waals surface area contributed by atoms with Gasteiger partial charge in [0.1, 0.15) is 36.9 Å². The fraction of sp³-hybridized carbons (Fsp3) is 0.273. The van der Waals surface area contributed by atoms with Gasteiger partial charge in [0, 0.05) is 11.4 Å². The van der Waals surface area contributed by atoms with E-state index in [9.17, 15) is 0 Å². The smallest absolute Gasteiger partial charge is 0.119 e. The quantitative estimate of drug-likeness (QED) is 0.488.